The van der Waals surface area contributed by atoms with Crippen molar-refractivity contribution in [2.24, 2.45) is 0 Å². The summed E-state index contributed by atoms with van der Waals surface area (Å²) in [5, 5.41) is 14.1. The van der Waals surface area contributed by atoms with E-state index in [0.717, 1.165) is 61.3 Å². The van der Waals surface area contributed by atoms with Crippen molar-refractivity contribution in [3.63, 3.8) is 0 Å². The highest BCUT2D eigenvalue weighted by Gasteiger charge is 2.45. The van der Waals surface area contributed by atoms with Crippen LogP contribution in [-0.2, 0) is 12.1 Å². The van der Waals surface area contributed by atoms with E-state index in [1.807, 2.05) is 42.5 Å². The van der Waals surface area contributed by atoms with Crippen LogP contribution in [0.2, 0.25) is 0 Å². The van der Waals surface area contributed by atoms with Gasteiger partial charge in [0.15, 0.2) is 5.82 Å². The number of nitrogens with one attached hydrogen (secondary N) is 3. The fraction of sp³-hybridized carbons (Fsp3) is 0.321. The second-order valence-corrected chi connectivity index (χ2v) is 11.1. The number of nitrogens with zero attached hydrogens (tertiary/aromatic N) is 3. The van der Waals surface area contributed by atoms with Crippen molar-refractivity contribution in [1.29, 1.82) is 0 Å². The number of likely N-dealkylation sites (N-methyl/N-ethyl adjacent to an activating group) is 1. The summed E-state index contributed by atoms with van der Waals surface area (Å²) >= 11 is 1.34. The third-order valence-electron chi connectivity index (χ3n) is 7.36. The molecule has 9 heteroatoms. The van der Waals surface area contributed by atoms with Gasteiger partial charge in [-0.25, -0.2) is 0 Å². The first kappa shape index (κ1) is 23.8. The molecule has 1 aliphatic carbocycles. The summed E-state index contributed by atoms with van der Waals surface area (Å²) in [5.74, 6) is 0.0999. The van der Waals surface area contributed by atoms with Crippen LogP contribution < -0.4 is 10.6 Å². The van der Waals surface area contributed by atoms with Crippen LogP contribution in [0.1, 0.15) is 44.0 Å². The maximum absolute atomic E-state index is 13.1. The lowest BCUT2D eigenvalue weighted by molar-refractivity contribution is 0.0934. The van der Waals surface area contributed by atoms with E-state index < -0.39 is 0 Å². The van der Waals surface area contributed by atoms with Gasteiger partial charge in [-0.1, -0.05) is 42.5 Å². The standard InChI is InChI=1S/C28H30N6O2S/c1-33-13-15-34(16-14-33)18-19-7-9-20(10-8-19)25(35)29-24-22-17-23(37-27(22)32-31-24)26(36)30-28(11-12-28)21-5-3-2-4-6-21/h2-10,17H,11-16,18H2,1H3,(H,30,36)(H2,29,31,32,35). The van der Waals surface area contributed by atoms with Crippen LogP contribution >= 0.6 is 11.3 Å². The van der Waals surface area contributed by atoms with Crippen LogP contribution in [0.3, 0.4) is 0 Å². The molecule has 3 N–H and O–H groups in total. The SMILES string of the molecule is CN1CCN(Cc2ccc(C(=O)Nc3n[nH]c4sc(C(=O)NC5(c6ccccc6)CC5)cc34)cc2)CC1. The van der Waals surface area contributed by atoms with Gasteiger partial charge in [0.05, 0.1) is 15.8 Å². The highest BCUT2D eigenvalue weighted by molar-refractivity contribution is 7.20. The number of amides is 2. The lowest BCUT2D eigenvalue weighted by Crippen LogP contribution is -2.43. The lowest BCUT2D eigenvalue weighted by Gasteiger charge is -2.32. The Morgan fingerprint density at radius 2 is 1.73 bits per heavy atom. The molecule has 2 aromatic heterocycles. The predicted octanol–water partition coefficient (Wildman–Crippen LogP) is 4.04. The number of carbonyl (C=O) groups excluding carboxylic acids is 2. The number of anilines is 1. The number of fused-ring (bicyclic) bond motifs is 1. The highest BCUT2D eigenvalue weighted by Crippen LogP contribution is 2.45. The molecule has 0 spiro atoms. The van der Waals surface area contributed by atoms with Crippen LogP contribution in [-0.4, -0.2) is 65.0 Å². The molecule has 0 radical (unpaired) electrons. The smallest absolute Gasteiger partial charge is 0.262 e. The number of thiophene rings is 1. The number of carbonyl (C=O) groups is 2. The number of hydrogen-bond donors (Lipinski definition) is 3. The van der Waals surface area contributed by atoms with Crippen molar-refractivity contribution in [2.45, 2.75) is 24.9 Å². The number of aromatic nitrogens is 2. The van der Waals surface area contributed by atoms with Crippen molar-refractivity contribution in [2.75, 3.05) is 38.5 Å². The molecule has 1 saturated carbocycles. The first-order chi connectivity index (χ1) is 18.0. The van der Waals surface area contributed by atoms with E-state index in [2.05, 4.69) is 49.8 Å². The zero-order chi connectivity index (χ0) is 25.4. The third-order valence-corrected chi connectivity index (χ3v) is 8.40. The Bertz CT molecular complexity index is 1420. The van der Waals surface area contributed by atoms with E-state index in [0.29, 0.717) is 16.3 Å². The van der Waals surface area contributed by atoms with E-state index in [-0.39, 0.29) is 17.4 Å². The van der Waals surface area contributed by atoms with Gasteiger partial charge in [-0.05, 0) is 49.2 Å². The molecule has 2 aliphatic rings. The molecular weight excluding hydrogens is 484 g/mol. The van der Waals surface area contributed by atoms with Crippen molar-refractivity contribution >= 4 is 39.2 Å². The molecule has 3 heterocycles. The van der Waals surface area contributed by atoms with Crippen molar-refractivity contribution in [3.8, 4) is 0 Å². The average Bonchev–Trinajstić information content (AvgIpc) is 3.42. The minimum absolute atomic E-state index is 0.107. The molecule has 0 atom stereocenters. The minimum Gasteiger partial charge on any atom is -0.342 e. The van der Waals surface area contributed by atoms with Gasteiger partial charge < -0.3 is 15.5 Å². The monoisotopic (exact) mass is 514 g/mol. The van der Waals surface area contributed by atoms with Gasteiger partial charge in [-0.3, -0.25) is 19.6 Å². The summed E-state index contributed by atoms with van der Waals surface area (Å²) in [6.45, 7) is 5.17. The molecule has 190 valence electrons. The normalized spacial score (nSPS) is 17.5. The molecule has 0 bridgehead atoms. The first-order valence-corrected chi connectivity index (χ1v) is 13.5. The predicted molar refractivity (Wildman–Crippen MR) is 146 cm³/mol. The molecule has 2 fully saturated rings. The molecule has 2 amide bonds. The number of aromatic amines is 1. The van der Waals surface area contributed by atoms with Gasteiger partial charge >= 0.3 is 0 Å². The fourth-order valence-electron chi connectivity index (χ4n) is 4.88. The maximum Gasteiger partial charge on any atom is 0.262 e. The van der Waals surface area contributed by atoms with Gasteiger partial charge in [-0.15, -0.1) is 11.3 Å². The fourth-order valence-corrected chi connectivity index (χ4v) is 5.77. The quantitative estimate of drug-likeness (QED) is 0.346. The summed E-state index contributed by atoms with van der Waals surface area (Å²) < 4.78 is 0. The van der Waals surface area contributed by atoms with Crippen LogP contribution in [0.4, 0.5) is 5.82 Å². The van der Waals surface area contributed by atoms with E-state index in [4.69, 9.17) is 0 Å². The van der Waals surface area contributed by atoms with Crippen molar-refractivity contribution in [1.82, 2.24) is 25.3 Å². The zero-order valence-electron chi connectivity index (χ0n) is 20.8. The number of hydrogen-bond acceptors (Lipinski definition) is 6. The Labute approximate surface area is 219 Å². The van der Waals surface area contributed by atoms with E-state index in [9.17, 15) is 9.59 Å². The molecule has 1 saturated heterocycles. The van der Waals surface area contributed by atoms with Crippen molar-refractivity contribution in [3.05, 3.63) is 82.2 Å². The summed E-state index contributed by atoms with van der Waals surface area (Å²) in [5.41, 5.74) is 2.63. The number of H-pyrrole nitrogens is 1. The zero-order valence-corrected chi connectivity index (χ0v) is 21.6. The summed E-state index contributed by atoms with van der Waals surface area (Å²) in [6.07, 6.45) is 1.87. The molecule has 37 heavy (non-hydrogen) atoms. The Morgan fingerprint density at radius 3 is 2.43 bits per heavy atom. The van der Waals surface area contributed by atoms with Gasteiger partial charge in [-0.2, -0.15) is 5.10 Å². The molecule has 6 rings (SSSR count). The molecule has 0 unspecified atom stereocenters. The Kier molecular flexibility index (Phi) is 6.27. The van der Waals surface area contributed by atoms with Gasteiger partial charge in [0.1, 0.15) is 4.83 Å². The molecule has 8 nitrogen and oxygen atoms in total. The van der Waals surface area contributed by atoms with Crippen LogP contribution in [0.25, 0.3) is 10.2 Å². The number of piperazine rings is 1. The minimum atomic E-state index is -0.276. The summed E-state index contributed by atoms with van der Waals surface area (Å²) in [4.78, 5) is 32.1. The highest BCUT2D eigenvalue weighted by atomic mass is 32.1. The summed E-state index contributed by atoms with van der Waals surface area (Å²) in [6, 6.07) is 19.6. The van der Waals surface area contributed by atoms with Crippen LogP contribution in [0.5, 0.6) is 0 Å². The van der Waals surface area contributed by atoms with Gasteiger partial charge in [0, 0.05) is 38.3 Å². The van der Waals surface area contributed by atoms with Crippen LogP contribution in [0.15, 0.2) is 60.7 Å². The number of rotatable bonds is 7. The van der Waals surface area contributed by atoms with Crippen LogP contribution in [0, 0.1) is 0 Å². The van der Waals surface area contributed by atoms with Gasteiger partial charge in [0.25, 0.3) is 11.8 Å². The van der Waals surface area contributed by atoms with E-state index >= 15 is 0 Å². The van der Waals surface area contributed by atoms with Gasteiger partial charge in [0.2, 0.25) is 0 Å². The second kappa shape index (κ2) is 9.74. The second-order valence-electron chi connectivity index (χ2n) is 10.1. The number of benzene rings is 2. The van der Waals surface area contributed by atoms with Crippen molar-refractivity contribution < 1.29 is 9.59 Å². The van der Waals surface area contributed by atoms with E-state index in [1.165, 1.54) is 16.9 Å². The first-order valence-electron chi connectivity index (χ1n) is 12.7. The average molecular weight is 515 g/mol. The Hall–Kier alpha value is -3.53. The molecule has 1 aliphatic heterocycles. The lowest BCUT2D eigenvalue weighted by atomic mass is 10.1. The largest absolute Gasteiger partial charge is 0.342 e. The maximum atomic E-state index is 13.1. The molecule has 2 aromatic carbocycles. The Morgan fingerprint density at radius 1 is 1.00 bits per heavy atom. The van der Waals surface area contributed by atoms with E-state index in [1.54, 1.807) is 6.07 Å². The Balaban J connectivity index is 1.11. The molecule has 4 aromatic rings. The topological polar surface area (TPSA) is 93.4 Å². The molecular formula is C28H30N6O2S. The third kappa shape index (κ3) is 5.02. The summed E-state index contributed by atoms with van der Waals surface area (Å²) in [7, 11) is 2.15.